The number of hydrogen-bond acceptors (Lipinski definition) is 5. The zero-order valence-corrected chi connectivity index (χ0v) is 12.7. The second-order valence-corrected chi connectivity index (χ2v) is 6.46. The van der Waals surface area contributed by atoms with Crippen molar-refractivity contribution in [3.05, 3.63) is 22.4 Å². The van der Waals surface area contributed by atoms with Gasteiger partial charge in [-0.15, -0.1) is 11.3 Å². The Bertz CT molecular complexity index is 583. The Hall–Kier alpha value is -0.750. The predicted octanol–water partition coefficient (Wildman–Crippen LogP) is 2.48. The Kier molecular flexibility index (Phi) is 3.71. The number of fused-ring (bicyclic) bond motifs is 1. The van der Waals surface area contributed by atoms with Gasteiger partial charge in [0.25, 0.3) is 0 Å². The van der Waals surface area contributed by atoms with Gasteiger partial charge in [0, 0.05) is 24.5 Å². The summed E-state index contributed by atoms with van der Waals surface area (Å²) in [6, 6.07) is 2.62. The minimum atomic E-state index is 0.574. The van der Waals surface area contributed by atoms with Crippen molar-refractivity contribution in [1.29, 1.82) is 0 Å². The molecule has 0 amide bonds. The number of nitrogens with zero attached hydrogens (tertiary/aromatic N) is 4. The number of rotatable bonds is 3. The van der Waals surface area contributed by atoms with Gasteiger partial charge in [0.1, 0.15) is 15.8 Å². The molecule has 3 heterocycles. The van der Waals surface area contributed by atoms with Crippen molar-refractivity contribution in [2.24, 2.45) is 0 Å². The van der Waals surface area contributed by atoms with Gasteiger partial charge in [0.15, 0.2) is 0 Å². The van der Waals surface area contributed by atoms with Crippen molar-refractivity contribution in [3.8, 4) is 0 Å². The van der Waals surface area contributed by atoms with E-state index in [4.69, 9.17) is 11.6 Å². The number of thiophene rings is 1. The van der Waals surface area contributed by atoms with Crippen molar-refractivity contribution < 1.29 is 0 Å². The third-order valence-electron chi connectivity index (χ3n) is 3.67. The van der Waals surface area contributed by atoms with E-state index in [1.54, 1.807) is 11.3 Å². The quantitative estimate of drug-likeness (QED) is 0.815. The van der Waals surface area contributed by atoms with Crippen LogP contribution < -0.4 is 0 Å². The van der Waals surface area contributed by atoms with Crippen LogP contribution in [-0.2, 0) is 6.54 Å². The van der Waals surface area contributed by atoms with Gasteiger partial charge in [-0.2, -0.15) is 0 Å². The molecule has 2 aromatic rings. The number of halogens is 1. The molecule has 6 heteroatoms. The van der Waals surface area contributed by atoms with Gasteiger partial charge in [-0.05, 0) is 32.0 Å². The molecule has 0 aromatic carbocycles. The van der Waals surface area contributed by atoms with Crippen LogP contribution >= 0.6 is 22.9 Å². The lowest BCUT2D eigenvalue weighted by atomic mass is 10.2. The maximum Gasteiger partial charge on any atom is 0.145 e. The zero-order valence-electron chi connectivity index (χ0n) is 11.1. The Morgan fingerprint density at radius 2 is 2.32 bits per heavy atom. The Morgan fingerprint density at radius 3 is 3.05 bits per heavy atom. The van der Waals surface area contributed by atoms with Crippen LogP contribution in [0.25, 0.3) is 10.2 Å². The summed E-state index contributed by atoms with van der Waals surface area (Å²) in [4.78, 5) is 14.7. The first kappa shape index (κ1) is 13.2. The molecule has 0 radical (unpaired) electrons. The molecule has 0 spiro atoms. The average molecular weight is 297 g/mol. The molecular formula is C13H17ClN4S. The number of likely N-dealkylation sites (tertiary alicyclic amines) is 1. The summed E-state index contributed by atoms with van der Waals surface area (Å²) in [5.41, 5.74) is 0. The van der Waals surface area contributed by atoms with Crippen molar-refractivity contribution in [1.82, 2.24) is 19.8 Å². The maximum absolute atomic E-state index is 6.20. The summed E-state index contributed by atoms with van der Waals surface area (Å²) in [6.07, 6.45) is 1.21. The predicted molar refractivity (Wildman–Crippen MR) is 79.8 cm³/mol. The summed E-state index contributed by atoms with van der Waals surface area (Å²) in [5.74, 6) is 0.833. The molecule has 0 saturated carbocycles. The van der Waals surface area contributed by atoms with Gasteiger partial charge in [0.05, 0.1) is 6.54 Å². The van der Waals surface area contributed by atoms with E-state index in [1.165, 1.54) is 6.42 Å². The van der Waals surface area contributed by atoms with Gasteiger partial charge in [-0.3, -0.25) is 4.90 Å². The van der Waals surface area contributed by atoms with Crippen LogP contribution in [0.1, 0.15) is 12.2 Å². The molecule has 0 bridgehead atoms. The van der Waals surface area contributed by atoms with Crippen molar-refractivity contribution in [2.75, 3.05) is 27.2 Å². The number of hydrogen-bond donors (Lipinski definition) is 0. The van der Waals surface area contributed by atoms with E-state index in [-0.39, 0.29) is 0 Å². The fourth-order valence-electron chi connectivity index (χ4n) is 2.51. The van der Waals surface area contributed by atoms with Crippen LogP contribution in [-0.4, -0.2) is 53.0 Å². The van der Waals surface area contributed by atoms with Crippen LogP contribution in [0.2, 0.25) is 5.15 Å². The molecule has 1 saturated heterocycles. The Balaban J connectivity index is 1.75. The molecule has 2 aromatic heterocycles. The molecule has 0 aliphatic carbocycles. The first-order valence-electron chi connectivity index (χ1n) is 6.42. The average Bonchev–Trinajstić information content (AvgIpc) is 2.97. The van der Waals surface area contributed by atoms with Crippen molar-refractivity contribution in [2.45, 2.75) is 19.0 Å². The van der Waals surface area contributed by atoms with Crippen LogP contribution in [0.5, 0.6) is 0 Å². The highest BCUT2D eigenvalue weighted by Gasteiger charge is 2.24. The lowest BCUT2D eigenvalue weighted by Crippen LogP contribution is -2.31. The van der Waals surface area contributed by atoms with Gasteiger partial charge in [-0.1, -0.05) is 11.6 Å². The molecule has 102 valence electrons. The molecule has 3 rings (SSSR count). The third-order valence-corrected chi connectivity index (χ3v) is 4.76. The monoisotopic (exact) mass is 296 g/mol. The molecule has 0 N–H and O–H groups in total. The zero-order chi connectivity index (χ0) is 13.4. The van der Waals surface area contributed by atoms with Gasteiger partial charge < -0.3 is 4.90 Å². The van der Waals surface area contributed by atoms with E-state index in [0.717, 1.165) is 35.7 Å². The van der Waals surface area contributed by atoms with E-state index in [1.807, 2.05) is 11.4 Å². The van der Waals surface area contributed by atoms with Crippen LogP contribution in [0.15, 0.2) is 11.4 Å². The van der Waals surface area contributed by atoms with Crippen molar-refractivity contribution >= 4 is 33.2 Å². The lowest BCUT2D eigenvalue weighted by molar-refractivity contribution is 0.261. The van der Waals surface area contributed by atoms with E-state index in [2.05, 4.69) is 33.9 Å². The number of aromatic nitrogens is 2. The van der Waals surface area contributed by atoms with Gasteiger partial charge >= 0.3 is 0 Å². The molecule has 1 fully saturated rings. The summed E-state index contributed by atoms with van der Waals surface area (Å²) in [5, 5.41) is 3.54. The fourth-order valence-corrected chi connectivity index (χ4v) is 3.60. The first-order valence-corrected chi connectivity index (χ1v) is 7.67. The minimum Gasteiger partial charge on any atom is -0.305 e. The minimum absolute atomic E-state index is 0.574. The van der Waals surface area contributed by atoms with E-state index in [9.17, 15) is 0 Å². The standard InChI is InChI=1S/C13H17ClN4S/c1-17(2)9-3-5-18(7-9)8-11-15-12(14)10-4-6-19-13(10)16-11/h4,6,9H,3,5,7-8H2,1-2H3. The summed E-state index contributed by atoms with van der Waals surface area (Å²) < 4.78 is 0. The Morgan fingerprint density at radius 1 is 1.47 bits per heavy atom. The Labute approximate surface area is 122 Å². The molecule has 1 atom stereocenters. The molecule has 4 nitrogen and oxygen atoms in total. The lowest BCUT2D eigenvalue weighted by Gasteiger charge is -2.19. The second-order valence-electron chi connectivity index (χ2n) is 5.21. The summed E-state index contributed by atoms with van der Waals surface area (Å²) in [7, 11) is 4.28. The van der Waals surface area contributed by atoms with Crippen molar-refractivity contribution in [3.63, 3.8) is 0 Å². The van der Waals surface area contributed by atoms with Gasteiger partial charge in [-0.25, -0.2) is 9.97 Å². The third kappa shape index (κ3) is 2.74. The van der Waals surface area contributed by atoms with E-state index >= 15 is 0 Å². The highest BCUT2D eigenvalue weighted by Crippen LogP contribution is 2.25. The topological polar surface area (TPSA) is 32.3 Å². The molecule has 19 heavy (non-hydrogen) atoms. The fraction of sp³-hybridized carbons (Fsp3) is 0.538. The number of likely N-dealkylation sites (N-methyl/N-ethyl adjacent to an activating group) is 1. The van der Waals surface area contributed by atoms with Gasteiger partial charge in [0.2, 0.25) is 0 Å². The second kappa shape index (κ2) is 5.32. The maximum atomic E-state index is 6.20. The molecule has 1 aliphatic heterocycles. The van der Waals surface area contributed by atoms with Crippen LogP contribution in [0.3, 0.4) is 0 Å². The molecule has 1 unspecified atom stereocenters. The molecular weight excluding hydrogens is 280 g/mol. The normalized spacial score (nSPS) is 20.7. The highest BCUT2D eigenvalue weighted by molar-refractivity contribution is 7.16. The summed E-state index contributed by atoms with van der Waals surface area (Å²) in [6.45, 7) is 2.97. The van der Waals surface area contributed by atoms with Crippen LogP contribution in [0.4, 0.5) is 0 Å². The molecule has 1 aliphatic rings. The summed E-state index contributed by atoms with van der Waals surface area (Å²) >= 11 is 7.81. The van der Waals surface area contributed by atoms with E-state index in [0.29, 0.717) is 11.2 Å². The van der Waals surface area contributed by atoms with Crippen LogP contribution in [0, 0.1) is 0 Å². The SMILES string of the molecule is CN(C)C1CCN(Cc2nc(Cl)c3ccsc3n2)C1. The first-order chi connectivity index (χ1) is 9.13. The largest absolute Gasteiger partial charge is 0.305 e. The highest BCUT2D eigenvalue weighted by atomic mass is 35.5. The van der Waals surface area contributed by atoms with E-state index < -0.39 is 0 Å². The smallest absolute Gasteiger partial charge is 0.145 e.